The Morgan fingerprint density at radius 3 is 2.70 bits per heavy atom. The second kappa shape index (κ2) is 6.33. The van der Waals surface area contributed by atoms with Gasteiger partial charge >= 0.3 is 0 Å². The largest absolute Gasteiger partial charge is 0.491 e. The van der Waals surface area contributed by atoms with Gasteiger partial charge in [0.15, 0.2) is 0 Å². The summed E-state index contributed by atoms with van der Waals surface area (Å²) in [5, 5.41) is 25.2. The highest BCUT2D eigenvalue weighted by Crippen LogP contribution is 2.17. The zero-order valence-corrected chi connectivity index (χ0v) is 11.2. The van der Waals surface area contributed by atoms with Crippen LogP contribution in [0.15, 0.2) is 30.5 Å². The molecule has 2 rings (SSSR count). The van der Waals surface area contributed by atoms with Gasteiger partial charge in [-0.3, -0.25) is 0 Å². The van der Waals surface area contributed by atoms with Gasteiger partial charge in [0, 0.05) is 11.9 Å². The lowest BCUT2D eigenvalue weighted by Crippen LogP contribution is -2.05. The molecule has 0 unspecified atom stereocenters. The summed E-state index contributed by atoms with van der Waals surface area (Å²) >= 11 is 0. The highest BCUT2D eigenvalue weighted by Gasteiger charge is 2.05. The lowest BCUT2D eigenvalue weighted by Gasteiger charge is -2.10. The number of tetrazole rings is 1. The fourth-order valence-corrected chi connectivity index (χ4v) is 1.48. The predicted octanol–water partition coefficient (Wildman–Crippen LogP) is 1.96. The summed E-state index contributed by atoms with van der Waals surface area (Å²) in [6.45, 7) is 3.94. The topological polar surface area (TPSA) is 99.5 Å². The molecule has 2 N–H and O–H groups in total. The Kier molecular flexibility index (Phi) is 4.29. The summed E-state index contributed by atoms with van der Waals surface area (Å²) in [6.07, 6.45) is 1.67. The molecule has 102 valence electrons. The number of anilines is 1. The van der Waals surface area contributed by atoms with Gasteiger partial charge in [0.25, 0.3) is 0 Å². The first-order valence-corrected chi connectivity index (χ1v) is 6.06. The molecule has 1 aromatic carbocycles. The SMILES string of the molecule is CC(C)Oc1ccc(NC=C(C#N)c2nn[nH]n2)cc1. The Morgan fingerprint density at radius 2 is 2.15 bits per heavy atom. The third-order valence-corrected chi connectivity index (χ3v) is 2.32. The lowest BCUT2D eigenvalue weighted by molar-refractivity contribution is 0.242. The monoisotopic (exact) mass is 270 g/mol. The van der Waals surface area contributed by atoms with E-state index in [9.17, 15) is 0 Å². The van der Waals surface area contributed by atoms with E-state index in [4.69, 9.17) is 10.00 Å². The van der Waals surface area contributed by atoms with Crippen LogP contribution in [0.2, 0.25) is 0 Å². The second-order valence-electron chi connectivity index (χ2n) is 4.24. The van der Waals surface area contributed by atoms with Crippen LogP contribution in [0.5, 0.6) is 5.75 Å². The van der Waals surface area contributed by atoms with Crippen molar-refractivity contribution in [3.05, 3.63) is 36.3 Å². The fraction of sp³-hybridized carbons (Fsp3) is 0.231. The maximum Gasteiger partial charge on any atom is 0.216 e. The summed E-state index contributed by atoms with van der Waals surface area (Å²) in [4.78, 5) is 0. The van der Waals surface area contributed by atoms with Crippen LogP contribution >= 0.6 is 0 Å². The van der Waals surface area contributed by atoms with Crippen molar-refractivity contribution in [1.82, 2.24) is 20.6 Å². The van der Waals surface area contributed by atoms with E-state index in [-0.39, 0.29) is 11.9 Å². The molecule has 0 saturated heterocycles. The van der Waals surface area contributed by atoms with Crippen LogP contribution < -0.4 is 10.1 Å². The number of H-pyrrole nitrogens is 1. The number of hydrogen-bond acceptors (Lipinski definition) is 6. The molecule has 7 heteroatoms. The number of ether oxygens (including phenoxy) is 1. The maximum absolute atomic E-state index is 9.02. The maximum atomic E-state index is 9.02. The van der Waals surface area contributed by atoms with Crippen molar-refractivity contribution >= 4 is 11.3 Å². The van der Waals surface area contributed by atoms with E-state index in [0.29, 0.717) is 5.57 Å². The number of aromatic nitrogens is 4. The van der Waals surface area contributed by atoms with Crippen molar-refractivity contribution in [2.75, 3.05) is 5.32 Å². The molecule has 0 radical (unpaired) electrons. The quantitative estimate of drug-likeness (QED) is 0.806. The second-order valence-corrected chi connectivity index (χ2v) is 4.24. The van der Waals surface area contributed by atoms with Gasteiger partial charge in [0.05, 0.1) is 6.10 Å². The van der Waals surface area contributed by atoms with E-state index in [2.05, 4.69) is 25.9 Å². The minimum Gasteiger partial charge on any atom is -0.491 e. The van der Waals surface area contributed by atoms with E-state index >= 15 is 0 Å². The molecule has 0 atom stereocenters. The number of hydrogen-bond donors (Lipinski definition) is 2. The molecule has 0 bridgehead atoms. The standard InChI is InChI=1S/C13H14N6O/c1-9(2)20-12-5-3-11(4-6-12)15-8-10(7-14)13-16-18-19-17-13/h3-6,8-9,15H,1-2H3,(H,16,17,18,19). The molecule has 1 heterocycles. The number of rotatable bonds is 5. The van der Waals surface area contributed by atoms with Crippen molar-refractivity contribution in [2.45, 2.75) is 20.0 Å². The highest BCUT2D eigenvalue weighted by molar-refractivity contribution is 5.74. The summed E-state index contributed by atoms with van der Waals surface area (Å²) < 4.78 is 5.55. The number of benzene rings is 1. The molecule has 0 fully saturated rings. The van der Waals surface area contributed by atoms with Gasteiger partial charge < -0.3 is 10.1 Å². The molecule has 7 nitrogen and oxygen atoms in total. The Labute approximate surface area is 116 Å². The number of allylic oxidation sites excluding steroid dienone is 1. The van der Waals surface area contributed by atoms with E-state index in [0.717, 1.165) is 11.4 Å². The molecule has 2 aromatic rings. The normalized spacial score (nSPS) is 11.2. The summed E-state index contributed by atoms with van der Waals surface area (Å²) in [5.41, 5.74) is 1.12. The van der Waals surface area contributed by atoms with Gasteiger partial charge in [-0.2, -0.15) is 10.5 Å². The van der Waals surface area contributed by atoms with Crippen molar-refractivity contribution in [2.24, 2.45) is 0 Å². The summed E-state index contributed by atoms with van der Waals surface area (Å²) in [5.74, 6) is 1.05. The van der Waals surface area contributed by atoms with Crippen LogP contribution in [-0.4, -0.2) is 26.7 Å². The Balaban J connectivity index is 2.05. The highest BCUT2D eigenvalue weighted by atomic mass is 16.5. The number of nitriles is 1. The van der Waals surface area contributed by atoms with Crippen LogP contribution in [0.4, 0.5) is 5.69 Å². The lowest BCUT2D eigenvalue weighted by atomic mass is 10.2. The van der Waals surface area contributed by atoms with Crippen LogP contribution in [0.1, 0.15) is 19.7 Å². The van der Waals surface area contributed by atoms with Gasteiger partial charge in [-0.1, -0.05) is 0 Å². The molecule has 0 aliphatic rings. The molecule has 0 amide bonds. The first-order chi connectivity index (χ1) is 9.69. The zero-order chi connectivity index (χ0) is 14.4. The zero-order valence-electron chi connectivity index (χ0n) is 11.2. The summed E-state index contributed by atoms with van der Waals surface area (Å²) in [7, 11) is 0. The van der Waals surface area contributed by atoms with E-state index in [1.807, 2.05) is 44.2 Å². The molecule has 20 heavy (non-hydrogen) atoms. The molecule has 0 aliphatic carbocycles. The van der Waals surface area contributed by atoms with Crippen LogP contribution in [0.3, 0.4) is 0 Å². The molecule has 1 aromatic heterocycles. The number of nitrogens with zero attached hydrogens (tertiary/aromatic N) is 4. The average molecular weight is 270 g/mol. The fourth-order valence-electron chi connectivity index (χ4n) is 1.48. The smallest absolute Gasteiger partial charge is 0.216 e. The summed E-state index contributed by atoms with van der Waals surface area (Å²) in [6, 6.07) is 9.44. The molecular weight excluding hydrogens is 256 g/mol. The van der Waals surface area contributed by atoms with Crippen molar-refractivity contribution in [3.63, 3.8) is 0 Å². The van der Waals surface area contributed by atoms with E-state index in [1.165, 1.54) is 6.20 Å². The Morgan fingerprint density at radius 1 is 1.40 bits per heavy atom. The third-order valence-electron chi connectivity index (χ3n) is 2.32. The van der Waals surface area contributed by atoms with Crippen LogP contribution in [0.25, 0.3) is 5.57 Å². The molecule has 0 spiro atoms. The van der Waals surface area contributed by atoms with Crippen molar-refractivity contribution in [3.8, 4) is 11.8 Å². The van der Waals surface area contributed by atoms with Gasteiger partial charge in [-0.15, -0.1) is 10.2 Å². The van der Waals surface area contributed by atoms with Gasteiger partial charge in [-0.25, -0.2) is 0 Å². The first kappa shape index (κ1) is 13.5. The Hall–Kier alpha value is -2.88. The molecule has 0 saturated carbocycles. The molecule has 0 aliphatic heterocycles. The number of aromatic amines is 1. The van der Waals surface area contributed by atoms with Crippen molar-refractivity contribution < 1.29 is 4.74 Å². The minimum absolute atomic E-state index is 0.136. The van der Waals surface area contributed by atoms with Crippen LogP contribution in [0, 0.1) is 11.3 Å². The predicted molar refractivity (Wildman–Crippen MR) is 73.6 cm³/mol. The van der Waals surface area contributed by atoms with Gasteiger partial charge in [0.1, 0.15) is 17.4 Å². The first-order valence-electron chi connectivity index (χ1n) is 6.06. The van der Waals surface area contributed by atoms with E-state index in [1.54, 1.807) is 0 Å². The van der Waals surface area contributed by atoms with Gasteiger partial charge in [-0.05, 0) is 43.3 Å². The molecular formula is C13H14N6O. The Bertz CT molecular complexity index is 609. The number of nitrogens with one attached hydrogen (secondary N) is 2. The average Bonchev–Trinajstić information content (AvgIpc) is 2.95. The van der Waals surface area contributed by atoms with E-state index < -0.39 is 0 Å². The van der Waals surface area contributed by atoms with Crippen LogP contribution in [-0.2, 0) is 0 Å². The third kappa shape index (κ3) is 3.55. The minimum atomic E-state index is 0.136. The van der Waals surface area contributed by atoms with Gasteiger partial charge in [0.2, 0.25) is 5.82 Å². The van der Waals surface area contributed by atoms with Crippen molar-refractivity contribution in [1.29, 1.82) is 5.26 Å².